The quantitative estimate of drug-likeness (QED) is 0.653. The van der Waals surface area contributed by atoms with Gasteiger partial charge in [0.2, 0.25) is 0 Å². The summed E-state index contributed by atoms with van der Waals surface area (Å²) in [4.78, 5) is 4.00. The molecule has 1 aromatic heterocycles. The predicted molar refractivity (Wildman–Crippen MR) is 50.6 cm³/mol. The zero-order valence-electron chi connectivity index (χ0n) is 7.33. The van der Waals surface area contributed by atoms with Crippen LogP contribution in [0.3, 0.4) is 0 Å². The fraction of sp³-hybridized carbons (Fsp3) is 0.333. The summed E-state index contributed by atoms with van der Waals surface area (Å²) in [6.07, 6.45) is 2.99. The van der Waals surface area contributed by atoms with Crippen molar-refractivity contribution in [3.63, 3.8) is 0 Å². The minimum Gasteiger partial charge on any atom is -0.383 e. The van der Waals surface area contributed by atoms with E-state index in [2.05, 4.69) is 18.8 Å². The standard InChI is InChI=1S/C9H13N3/c1-6(2)8-3-7(4-10)9(11)12-5-8/h3-6,10H,1-2H3,(H2,11,12). The molecular formula is C9H13N3. The number of rotatable bonds is 2. The molecule has 0 unspecified atom stereocenters. The van der Waals surface area contributed by atoms with Crippen molar-refractivity contribution in [3.8, 4) is 0 Å². The van der Waals surface area contributed by atoms with Crippen LogP contribution in [0.15, 0.2) is 12.3 Å². The van der Waals surface area contributed by atoms with Crippen molar-refractivity contribution in [2.24, 2.45) is 0 Å². The highest BCUT2D eigenvalue weighted by atomic mass is 14.8. The van der Waals surface area contributed by atoms with Gasteiger partial charge in [-0.2, -0.15) is 0 Å². The zero-order valence-corrected chi connectivity index (χ0v) is 7.33. The van der Waals surface area contributed by atoms with E-state index in [1.54, 1.807) is 6.20 Å². The van der Waals surface area contributed by atoms with Crippen LogP contribution in [0.25, 0.3) is 0 Å². The van der Waals surface area contributed by atoms with Gasteiger partial charge in [-0.1, -0.05) is 13.8 Å². The predicted octanol–water partition coefficient (Wildman–Crippen LogP) is 1.78. The lowest BCUT2D eigenvalue weighted by atomic mass is 10.0. The average molecular weight is 163 g/mol. The smallest absolute Gasteiger partial charge is 0.132 e. The van der Waals surface area contributed by atoms with E-state index in [0.717, 1.165) is 5.56 Å². The van der Waals surface area contributed by atoms with Gasteiger partial charge < -0.3 is 11.1 Å². The Hall–Kier alpha value is -1.38. The number of anilines is 1. The number of hydrogen-bond donors (Lipinski definition) is 2. The summed E-state index contributed by atoms with van der Waals surface area (Å²) in [5.41, 5.74) is 7.35. The molecule has 0 bridgehead atoms. The Kier molecular flexibility index (Phi) is 2.43. The van der Waals surface area contributed by atoms with Crippen molar-refractivity contribution < 1.29 is 0 Å². The van der Waals surface area contributed by atoms with Gasteiger partial charge in [0.05, 0.1) is 0 Å². The van der Waals surface area contributed by atoms with Gasteiger partial charge in [-0.3, -0.25) is 0 Å². The van der Waals surface area contributed by atoms with Crippen LogP contribution in [0, 0.1) is 5.41 Å². The third kappa shape index (κ3) is 1.61. The molecule has 1 rings (SSSR count). The summed E-state index contributed by atoms with van der Waals surface area (Å²) in [6.45, 7) is 4.17. The molecule has 12 heavy (non-hydrogen) atoms. The summed E-state index contributed by atoms with van der Waals surface area (Å²) in [6, 6.07) is 1.90. The molecule has 0 aliphatic heterocycles. The number of aromatic nitrogens is 1. The fourth-order valence-electron chi connectivity index (χ4n) is 0.941. The molecule has 0 amide bonds. The van der Waals surface area contributed by atoms with Crippen LogP contribution in [0.4, 0.5) is 5.82 Å². The SMILES string of the molecule is CC(C)c1cnc(N)c(C=N)c1. The number of nitrogens with zero attached hydrogens (tertiary/aromatic N) is 1. The van der Waals surface area contributed by atoms with Gasteiger partial charge in [-0.15, -0.1) is 0 Å². The minimum absolute atomic E-state index is 0.425. The zero-order chi connectivity index (χ0) is 9.14. The van der Waals surface area contributed by atoms with Crippen LogP contribution in [-0.4, -0.2) is 11.2 Å². The second-order valence-electron chi connectivity index (χ2n) is 3.04. The number of nitrogens with two attached hydrogens (primary N) is 1. The van der Waals surface area contributed by atoms with Gasteiger partial charge in [-0.05, 0) is 17.5 Å². The number of hydrogen-bond acceptors (Lipinski definition) is 3. The molecule has 0 saturated heterocycles. The van der Waals surface area contributed by atoms with Crippen molar-refractivity contribution in [3.05, 3.63) is 23.4 Å². The normalized spacial score (nSPS) is 10.2. The Morgan fingerprint density at radius 2 is 2.25 bits per heavy atom. The van der Waals surface area contributed by atoms with E-state index in [9.17, 15) is 0 Å². The molecular weight excluding hydrogens is 150 g/mol. The maximum atomic E-state index is 7.08. The van der Waals surface area contributed by atoms with Crippen molar-refractivity contribution >= 4 is 12.0 Å². The lowest BCUT2D eigenvalue weighted by Gasteiger charge is -2.06. The third-order valence-corrected chi connectivity index (χ3v) is 1.79. The molecule has 3 N–H and O–H groups in total. The molecule has 0 radical (unpaired) electrons. The monoisotopic (exact) mass is 163 g/mol. The molecule has 0 saturated carbocycles. The maximum absolute atomic E-state index is 7.08. The van der Waals surface area contributed by atoms with Gasteiger partial charge >= 0.3 is 0 Å². The van der Waals surface area contributed by atoms with Crippen LogP contribution in [-0.2, 0) is 0 Å². The molecule has 1 aromatic rings. The largest absolute Gasteiger partial charge is 0.383 e. The van der Waals surface area contributed by atoms with E-state index < -0.39 is 0 Å². The molecule has 64 valence electrons. The van der Waals surface area contributed by atoms with Crippen molar-refractivity contribution in [2.75, 3.05) is 5.73 Å². The highest BCUT2D eigenvalue weighted by Gasteiger charge is 2.02. The lowest BCUT2D eigenvalue weighted by Crippen LogP contribution is -1.99. The number of nitrogens with one attached hydrogen (secondary N) is 1. The Bertz CT molecular complexity index is 292. The average Bonchev–Trinajstić information content (AvgIpc) is 2.05. The Morgan fingerprint density at radius 1 is 1.58 bits per heavy atom. The first kappa shape index (κ1) is 8.71. The lowest BCUT2D eigenvalue weighted by molar-refractivity contribution is 0.858. The first-order valence-corrected chi connectivity index (χ1v) is 3.91. The molecule has 0 fully saturated rings. The summed E-state index contributed by atoms with van der Waals surface area (Å²) >= 11 is 0. The Labute approximate surface area is 72.1 Å². The van der Waals surface area contributed by atoms with Gasteiger partial charge in [-0.25, -0.2) is 4.98 Å². The summed E-state index contributed by atoms with van der Waals surface area (Å²) < 4.78 is 0. The van der Waals surface area contributed by atoms with E-state index in [1.165, 1.54) is 6.21 Å². The minimum atomic E-state index is 0.425. The van der Waals surface area contributed by atoms with Crippen molar-refractivity contribution in [1.82, 2.24) is 4.98 Å². The Morgan fingerprint density at radius 3 is 2.75 bits per heavy atom. The number of nitrogen functional groups attached to an aromatic ring is 1. The van der Waals surface area contributed by atoms with Gasteiger partial charge in [0.1, 0.15) is 5.82 Å². The van der Waals surface area contributed by atoms with Gasteiger partial charge in [0.25, 0.3) is 0 Å². The second kappa shape index (κ2) is 3.34. The van der Waals surface area contributed by atoms with Gasteiger partial charge in [0, 0.05) is 18.0 Å². The molecule has 3 nitrogen and oxygen atoms in total. The molecule has 1 heterocycles. The first-order valence-electron chi connectivity index (χ1n) is 3.91. The first-order chi connectivity index (χ1) is 5.65. The van der Waals surface area contributed by atoms with Crippen molar-refractivity contribution in [1.29, 1.82) is 5.41 Å². The number of pyridine rings is 1. The van der Waals surface area contributed by atoms with E-state index in [0.29, 0.717) is 17.3 Å². The molecule has 0 spiro atoms. The van der Waals surface area contributed by atoms with Crippen molar-refractivity contribution in [2.45, 2.75) is 19.8 Å². The maximum Gasteiger partial charge on any atom is 0.132 e. The third-order valence-electron chi connectivity index (χ3n) is 1.79. The Balaban J connectivity index is 3.13. The van der Waals surface area contributed by atoms with Crippen LogP contribution in [0.2, 0.25) is 0 Å². The molecule has 0 atom stereocenters. The molecule has 3 heteroatoms. The summed E-state index contributed by atoms with van der Waals surface area (Å²) in [5, 5.41) is 7.08. The summed E-state index contributed by atoms with van der Waals surface area (Å²) in [5.74, 6) is 0.853. The van der Waals surface area contributed by atoms with Crippen LogP contribution < -0.4 is 5.73 Å². The van der Waals surface area contributed by atoms with Crippen LogP contribution in [0.1, 0.15) is 30.9 Å². The van der Waals surface area contributed by atoms with E-state index >= 15 is 0 Å². The topological polar surface area (TPSA) is 62.8 Å². The van der Waals surface area contributed by atoms with Crippen LogP contribution >= 0.6 is 0 Å². The second-order valence-corrected chi connectivity index (χ2v) is 3.04. The van der Waals surface area contributed by atoms with Gasteiger partial charge in [0.15, 0.2) is 0 Å². The fourth-order valence-corrected chi connectivity index (χ4v) is 0.941. The molecule has 0 aliphatic carbocycles. The molecule has 0 aliphatic rings. The van der Waals surface area contributed by atoms with E-state index in [1.807, 2.05) is 6.07 Å². The highest BCUT2D eigenvalue weighted by molar-refractivity contribution is 5.83. The summed E-state index contributed by atoms with van der Waals surface area (Å²) in [7, 11) is 0. The van der Waals surface area contributed by atoms with E-state index in [4.69, 9.17) is 11.1 Å². The van der Waals surface area contributed by atoms with Crippen LogP contribution in [0.5, 0.6) is 0 Å². The highest BCUT2D eigenvalue weighted by Crippen LogP contribution is 2.16. The van der Waals surface area contributed by atoms with E-state index in [-0.39, 0.29) is 0 Å². The molecule has 0 aromatic carbocycles.